The second-order valence-electron chi connectivity index (χ2n) is 7.29. The summed E-state index contributed by atoms with van der Waals surface area (Å²) >= 11 is 0. The maximum Gasteiger partial charge on any atom is 0.326 e. The molecule has 31 heavy (non-hydrogen) atoms. The lowest BCUT2D eigenvalue weighted by atomic mass is 10.1. The van der Waals surface area contributed by atoms with Gasteiger partial charge in [0.1, 0.15) is 12.1 Å². The molecule has 0 bridgehead atoms. The summed E-state index contributed by atoms with van der Waals surface area (Å²) in [6, 6.07) is -3.34. The minimum absolute atomic E-state index is 0.0687. The van der Waals surface area contributed by atoms with Gasteiger partial charge in [-0.2, -0.15) is 0 Å². The standard InChI is InChI=1S/C18H29N7O6/c1-9(2)15(20)17(29)22-7-14(27)24-11(3-4-13(19)26)16(28)25-12(18(30)31)5-10-6-21-8-23-10/h6,8-9,11-12,15H,3-5,7,20H2,1-2H3,(H2,19,26)(H,21,23)(H,22,29)(H,24,27)(H,25,28)(H,30,31). The first-order valence-electron chi connectivity index (χ1n) is 9.62. The van der Waals surface area contributed by atoms with E-state index in [4.69, 9.17) is 11.5 Å². The van der Waals surface area contributed by atoms with Crippen molar-refractivity contribution in [3.63, 3.8) is 0 Å². The number of nitrogens with one attached hydrogen (secondary N) is 4. The number of carbonyl (C=O) groups excluding carboxylic acids is 4. The van der Waals surface area contributed by atoms with Crippen LogP contribution in [0.3, 0.4) is 0 Å². The van der Waals surface area contributed by atoms with Gasteiger partial charge in [-0.3, -0.25) is 19.2 Å². The van der Waals surface area contributed by atoms with Gasteiger partial charge in [0.15, 0.2) is 0 Å². The molecule has 13 heteroatoms. The van der Waals surface area contributed by atoms with Gasteiger partial charge >= 0.3 is 5.97 Å². The highest BCUT2D eigenvalue weighted by Gasteiger charge is 2.27. The van der Waals surface area contributed by atoms with Crippen LogP contribution in [0.4, 0.5) is 0 Å². The molecule has 9 N–H and O–H groups in total. The lowest BCUT2D eigenvalue weighted by Gasteiger charge is -2.21. The van der Waals surface area contributed by atoms with Crippen molar-refractivity contribution in [3.8, 4) is 0 Å². The molecule has 0 spiro atoms. The first-order valence-corrected chi connectivity index (χ1v) is 9.62. The molecule has 3 unspecified atom stereocenters. The van der Waals surface area contributed by atoms with Crippen molar-refractivity contribution < 1.29 is 29.1 Å². The highest BCUT2D eigenvalue weighted by Crippen LogP contribution is 2.03. The summed E-state index contributed by atoms with van der Waals surface area (Å²) in [7, 11) is 0. The third-order valence-corrected chi connectivity index (χ3v) is 4.37. The number of imidazole rings is 1. The first-order chi connectivity index (χ1) is 14.5. The highest BCUT2D eigenvalue weighted by molar-refractivity contribution is 5.92. The Bertz CT molecular complexity index is 780. The Kier molecular flexibility index (Phi) is 10.1. The van der Waals surface area contributed by atoms with E-state index < -0.39 is 54.3 Å². The minimum atomic E-state index is -1.30. The van der Waals surface area contributed by atoms with Crippen LogP contribution in [0.5, 0.6) is 0 Å². The summed E-state index contributed by atoms with van der Waals surface area (Å²) in [5, 5.41) is 16.4. The summed E-state index contributed by atoms with van der Waals surface area (Å²) in [5.41, 5.74) is 11.3. The predicted octanol–water partition coefficient (Wildman–Crippen LogP) is -2.63. The van der Waals surface area contributed by atoms with E-state index in [0.29, 0.717) is 5.69 Å². The molecule has 1 aromatic heterocycles. The third kappa shape index (κ3) is 9.25. The SMILES string of the molecule is CC(C)C(N)C(=O)NCC(=O)NC(CCC(N)=O)C(=O)NC(Cc1cnc[nH]1)C(=O)O. The average molecular weight is 439 g/mol. The molecule has 0 fully saturated rings. The molecule has 172 valence electrons. The van der Waals surface area contributed by atoms with Crippen LogP contribution in [0, 0.1) is 5.92 Å². The van der Waals surface area contributed by atoms with Crippen LogP contribution in [0.15, 0.2) is 12.5 Å². The van der Waals surface area contributed by atoms with E-state index in [9.17, 15) is 29.1 Å². The van der Waals surface area contributed by atoms with Crippen LogP contribution in [0.2, 0.25) is 0 Å². The number of H-pyrrole nitrogens is 1. The van der Waals surface area contributed by atoms with Crippen molar-refractivity contribution in [1.29, 1.82) is 0 Å². The topological polar surface area (TPSA) is 222 Å². The van der Waals surface area contributed by atoms with E-state index in [1.54, 1.807) is 13.8 Å². The molecule has 3 atom stereocenters. The molecule has 0 aromatic carbocycles. The van der Waals surface area contributed by atoms with E-state index in [0.717, 1.165) is 0 Å². The van der Waals surface area contributed by atoms with Crippen molar-refractivity contribution in [3.05, 3.63) is 18.2 Å². The number of carboxylic acids is 1. The van der Waals surface area contributed by atoms with Crippen LogP contribution >= 0.6 is 0 Å². The van der Waals surface area contributed by atoms with Crippen LogP contribution < -0.4 is 27.4 Å². The second-order valence-corrected chi connectivity index (χ2v) is 7.29. The zero-order chi connectivity index (χ0) is 23.6. The molecule has 1 heterocycles. The molecule has 1 aromatic rings. The molecule has 0 saturated heterocycles. The van der Waals surface area contributed by atoms with Gasteiger partial charge in [-0.25, -0.2) is 9.78 Å². The fourth-order valence-corrected chi connectivity index (χ4v) is 2.48. The Morgan fingerprint density at radius 2 is 1.81 bits per heavy atom. The van der Waals surface area contributed by atoms with Gasteiger partial charge in [0.05, 0.1) is 18.9 Å². The molecule has 4 amide bonds. The molecular weight excluding hydrogens is 410 g/mol. The normalized spacial score (nSPS) is 13.7. The first kappa shape index (κ1) is 25.6. The zero-order valence-electron chi connectivity index (χ0n) is 17.4. The molecule has 0 aliphatic carbocycles. The second kappa shape index (κ2) is 12.3. The number of hydrogen-bond donors (Lipinski definition) is 7. The smallest absolute Gasteiger partial charge is 0.326 e. The van der Waals surface area contributed by atoms with Crippen LogP contribution in [0.1, 0.15) is 32.4 Å². The summed E-state index contributed by atoms with van der Waals surface area (Å²) in [4.78, 5) is 65.8. The minimum Gasteiger partial charge on any atom is -0.480 e. The Morgan fingerprint density at radius 1 is 1.13 bits per heavy atom. The van der Waals surface area contributed by atoms with E-state index >= 15 is 0 Å². The van der Waals surface area contributed by atoms with Crippen molar-refractivity contribution >= 4 is 29.6 Å². The van der Waals surface area contributed by atoms with Crippen molar-refractivity contribution in [1.82, 2.24) is 25.9 Å². The zero-order valence-corrected chi connectivity index (χ0v) is 17.4. The molecule has 1 rings (SSSR count). The summed E-state index contributed by atoms with van der Waals surface area (Å²) in [6.07, 6.45) is 2.34. The van der Waals surface area contributed by atoms with Crippen LogP contribution in [0.25, 0.3) is 0 Å². The number of amides is 4. The Morgan fingerprint density at radius 3 is 2.32 bits per heavy atom. The van der Waals surface area contributed by atoms with Crippen molar-refractivity contribution in [2.45, 2.75) is 51.2 Å². The largest absolute Gasteiger partial charge is 0.480 e. The molecule has 0 aliphatic rings. The lowest BCUT2D eigenvalue weighted by Crippen LogP contribution is -2.54. The predicted molar refractivity (Wildman–Crippen MR) is 108 cm³/mol. The van der Waals surface area contributed by atoms with E-state index in [-0.39, 0.29) is 25.2 Å². The maximum absolute atomic E-state index is 12.6. The number of nitrogens with zero attached hydrogens (tertiary/aromatic N) is 1. The Hall–Kier alpha value is -3.48. The lowest BCUT2D eigenvalue weighted by molar-refractivity contribution is -0.142. The number of aliphatic carboxylic acids is 1. The summed E-state index contributed by atoms with van der Waals surface area (Å²) in [5.74, 6) is -4.19. The fraction of sp³-hybridized carbons (Fsp3) is 0.556. The number of hydrogen-bond acceptors (Lipinski definition) is 7. The fourth-order valence-electron chi connectivity index (χ4n) is 2.48. The number of rotatable bonds is 13. The average Bonchev–Trinajstić information content (AvgIpc) is 3.20. The monoisotopic (exact) mass is 439 g/mol. The number of nitrogens with two attached hydrogens (primary N) is 2. The summed E-state index contributed by atoms with van der Waals surface area (Å²) in [6.45, 7) is 3.05. The highest BCUT2D eigenvalue weighted by atomic mass is 16.4. The molecule has 0 aliphatic heterocycles. The Balaban J connectivity index is 2.75. The van der Waals surface area contributed by atoms with Crippen LogP contribution in [-0.4, -0.2) is 69.3 Å². The molecule has 13 nitrogen and oxygen atoms in total. The van der Waals surface area contributed by atoms with Gasteiger partial charge in [0.25, 0.3) is 0 Å². The van der Waals surface area contributed by atoms with E-state index in [2.05, 4.69) is 25.9 Å². The number of primary amides is 1. The van der Waals surface area contributed by atoms with Gasteiger partial charge < -0.3 is 37.5 Å². The van der Waals surface area contributed by atoms with Crippen LogP contribution in [-0.2, 0) is 30.4 Å². The van der Waals surface area contributed by atoms with Crippen molar-refractivity contribution in [2.75, 3.05) is 6.54 Å². The number of carboxylic acid groups (broad SMARTS) is 1. The molecule has 0 radical (unpaired) electrons. The van der Waals surface area contributed by atoms with Gasteiger partial charge in [-0.1, -0.05) is 13.8 Å². The Labute approximate surface area is 178 Å². The number of aromatic nitrogens is 2. The van der Waals surface area contributed by atoms with Crippen molar-refractivity contribution in [2.24, 2.45) is 17.4 Å². The van der Waals surface area contributed by atoms with Gasteiger partial charge in [0, 0.05) is 24.7 Å². The van der Waals surface area contributed by atoms with Gasteiger partial charge in [-0.15, -0.1) is 0 Å². The molecular formula is C18H29N7O6. The third-order valence-electron chi connectivity index (χ3n) is 4.37. The van der Waals surface area contributed by atoms with Gasteiger partial charge in [0.2, 0.25) is 23.6 Å². The number of carbonyl (C=O) groups is 5. The van der Waals surface area contributed by atoms with E-state index in [1.807, 2.05) is 0 Å². The summed E-state index contributed by atoms with van der Waals surface area (Å²) < 4.78 is 0. The molecule has 0 saturated carbocycles. The number of aromatic amines is 1. The van der Waals surface area contributed by atoms with Gasteiger partial charge in [-0.05, 0) is 12.3 Å². The maximum atomic E-state index is 12.6. The quantitative estimate of drug-likeness (QED) is 0.172. The van der Waals surface area contributed by atoms with E-state index in [1.165, 1.54) is 12.5 Å².